The van der Waals surface area contributed by atoms with Crippen LogP contribution < -0.4 is 10.1 Å². The number of hydrogen-bond donors (Lipinski definition) is 1. The predicted molar refractivity (Wildman–Crippen MR) is 81.7 cm³/mol. The van der Waals surface area contributed by atoms with Crippen molar-refractivity contribution in [3.63, 3.8) is 0 Å². The highest BCUT2D eigenvalue weighted by Crippen LogP contribution is 2.25. The SMILES string of the molecule is COc1ncccc1NC(=O)C1CC(=O)N(Cc2ccco2)C1. The molecule has 1 atom stereocenters. The Hall–Kier alpha value is -2.83. The van der Waals surface area contributed by atoms with Gasteiger partial charge in [0.2, 0.25) is 17.7 Å². The molecule has 0 spiro atoms. The number of anilines is 1. The van der Waals surface area contributed by atoms with E-state index in [-0.39, 0.29) is 18.2 Å². The average Bonchev–Trinajstić information content (AvgIpc) is 3.19. The second-order valence-electron chi connectivity index (χ2n) is 5.30. The molecule has 0 radical (unpaired) electrons. The van der Waals surface area contributed by atoms with Crippen LogP contribution in [0.1, 0.15) is 12.2 Å². The van der Waals surface area contributed by atoms with Crippen LogP contribution in [0.15, 0.2) is 41.1 Å². The summed E-state index contributed by atoms with van der Waals surface area (Å²) in [5.74, 6) is 0.375. The quantitative estimate of drug-likeness (QED) is 0.907. The van der Waals surface area contributed by atoms with Gasteiger partial charge >= 0.3 is 0 Å². The Morgan fingerprint density at radius 1 is 1.48 bits per heavy atom. The van der Waals surface area contributed by atoms with E-state index in [1.54, 1.807) is 41.6 Å². The molecule has 0 aromatic carbocycles. The van der Waals surface area contributed by atoms with E-state index in [4.69, 9.17) is 9.15 Å². The summed E-state index contributed by atoms with van der Waals surface area (Å²) < 4.78 is 10.4. The van der Waals surface area contributed by atoms with Crippen LogP contribution in [0.5, 0.6) is 5.88 Å². The fraction of sp³-hybridized carbons (Fsp3) is 0.312. The van der Waals surface area contributed by atoms with Crippen molar-refractivity contribution in [2.75, 3.05) is 19.0 Å². The third kappa shape index (κ3) is 3.33. The number of hydrogen-bond acceptors (Lipinski definition) is 5. The molecule has 1 saturated heterocycles. The second kappa shape index (κ2) is 6.51. The number of likely N-dealkylation sites (tertiary alicyclic amines) is 1. The highest BCUT2D eigenvalue weighted by atomic mass is 16.5. The molecule has 1 aliphatic rings. The van der Waals surface area contributed by atoms with Crippen molar-refractivity contribution in [1.29, 1.82) is 0 Å². The van der Waals surface area contributed by atoms with E-state index >= 15 is 0 Å². The fourth-order valence-corrected chi connectivity index (χ4v) is 2.57. The van der Waals surface area contributed by atoms with Crippen LogP contribution in [-0.2, 0) is 16.1 Å². The number of carbonyl (C=O) groups excluding carboxylic acids is 2. The molecule has 23 heavy (non-hydrogen) atoms. The molecule has 1 aliphatic heterocycles. The minimum Gasteiger partial charge on any atom is -0.480 e. The van der Waals surface area contributed by atoms with E-state index in [1.807, 2.05) is 0 Å². The average molecular weight is 315 g/mol. The molecule has 0 saturated carbocycles. The lowest BCUT2D eigenvalue weighted by Crippen LogP contribution is -2.28. The Balaban J connectivity index is 1.63. The summed E-state index contributed by atoms with van der Waals surface area (Å²) in [6, 6.07) is 7.00. The number of rotatable bonds is 5. The molecule has 120 valence electrons. The fourth-order valence-electron chi connectivity index (χ4n) is 2.57. The number of nitrogens with one attached hydrogen (secondary N) is 1. The number of ether oxygens (including phenoxy) is 1. The highest BCUT2D eigenvalue weighted by molar-refractivity contribution is 5.97. The van der Waals surface area contributed by atoms with Crippen molar-refractivity contribution in [3.8, 4) is 5.88 Å². The highest BCUT2D eigenvalue weighted by Gasteiger charge is 2.34. The summed E-state index contributed by atoms with van der Waals surface area (Å²) in [5, 5.41) is 2.77. The van der Waals surface area contributed by atoms with Crippen molar-refractivity contribution < 1.29 is 18.7 Å². The van der Waals surface area contributed by atoms with Crippen LogP contribution in [0.2, 0.25) is 0 Å². The molecule has 1 unspecified atom stereocenters. The molecular weight excluding hydrogens is 298 g/mol. The first-order valence-electron chi connectivity index (χ1n) is 7.27. The molecule has 0 bridgehead atoms. The van der Waals surface area contributed by atoms with E-state index in [2.05, 4.69) is 10.3 Å². The van der Waals surface area contributed by atoms with E-state index in [0.717, 1.165) is 0 Å². The van der Waals surface area contributed by atoms with Crippen LogP contribution in [0.4, 0.5) is 5.69 Å². The van der Waals surface area contributed by atoms with Gasteiger partial charge in [0.25, 0.3) is 0 Å². The largest absolute Gasteiger partial charge is 0.480 e. The number of pyridine rings is 1. The van der Waals surface area contributed by atoms with E-state index < -0.39 is 5.92 Å². The molecule has 7 heteroatoms. The van der Waals surface area contributed by atoms with Crippen molar-refractivity contribution >= 4 is 17.5 Å². The maximum absolute atomic E-state index is 12.4. The Labute approximate surface area is 133 Å². The molecule has 2 aromatic heterocycles. The minimum atomic E-state index is -0.401. The smallest absolute Gasteiger partial charge is 0.237 e. The second-order valence-corrected chi connectivity index (χ2v) is 5.30. The summed E-state index contributed by atoms with van der Waals surface area (Å²) in [6.07, 6.45) is 3.34. The zero-order valence-corrected chi connectivity index (χ0v) is 12.7. The van der Waals surface area contributed by atoms with Crippen molar-refractivity contribution in [2.24, 2.45) is 5.92 Å². The lowest BCUT2D eigenvalue weighted by molar-refractivity contribution is -0.128. The summed E-state index contributed by atoms with van der Waals surface area (Å²) in [4.78, 5) is 30.1. The number of amides is 2. The molecule has 3 heterocycles. The summed E-state index contributed by atoms with van der Waals surface area (Å²) in [5.41, 5.74) is 0.497. The van der Waals surface area contributed by atoms with Gasteiger partial charge in [-0.3, -0.25) is 9.59 Å². The molecular formula is C16H17N3O4. The van der Waals surface area contributed by atoms with Crippen LogP contribution in [0.3, 0.4) is 0 Å². The van der Waals surface area contributed by atoms with Gasteiger partial charge in [0, 0.05) is 19.2 Å². The summed E-state index contributed by atoms with van der Waals surface area (Å²) in [6.45, 7) is 0.750. The summed E-state index contributed by atoms with van der Waals surface area (Å²) >= 11 is 0. The first kappa shape index (κ1) is 15.1. The van der Waals surface area contributed by atoms with Gasteiger partial charge in [-0.05, 0) is 24.3 Å². The third-order valence-electron chi connectivity index (χ3n) is 3.73. The van der Waals surface area contributed by atoms with E-state index in [9.17, 15) is 9.59 Å². The van der Waals surface area contributed by atoms with Crippen LogP contribution >= 0.6 is 0 Å². The zero-order valence-electron chi connectivity index (χ0n) is 12.7. The van der Waals surface area contributed by atoms with Crippen molar-refractivity contribution in [3.05, 3.63) is 42.5 Å². The molecule has 3 rings (SSSR count). The number of furan rings is 1. The first-order chi connectivity index (χ1) is 11.2. The number of methoxy groups -OCH3 is 1. The normalized spacial score (nSPS) is 17.3. The maximum Gasteiger partial charge on any atom is 0.237 e. The van der Waals surface area contributed by atoms with Crippen LogP contribution in [0, 0.1) is 5.92 Å². The lowest BCUT2D eigenvalue weighted by Gasteiger charge is -2.15. The topological polar surface area (TPSA) is 84.7 Å². The van der Waals surface area contributed by atoms with E-state index in [0.29, 0.717) is 30.4 Å². The van der Waals surface area contributed by atoms with Crippen LogP contribution in [-0.4, -0.2) is 35.4 Å². The van der Waals surface area contributed by atoms with Gasteiger partial charge in [-0.15, -0.1) is 0 Å². The lowest BCUT2D eigenvalue weighted by atomic mass is 10.1. The molecule has 1 fully saturated rings. The van der Waals surface area contributed by atoms with Gasteiger partial charge < -0.3 is 19.4 Å². The first-order valence-corrected chi connectivity index (χ1v) is 7.27. The minimum absolute atomic E-state index is 0.0558. The number of nitrogens with zero attached hydrogens (tertiary/aromatic N) is 2. The molecule has 1 N–H and O–H groups in total. The van der Waals surface area contributed by atoms with Gasteiger partial charge in [-0.2, -0.15) is 0 Å². The predicted octanol–water partition coefficient (Wildman–Crippen LogP) is 1.67. The van der Waals surface area contributed by atoms with Gasteiger partial charge in [0.15, 0.2) is 0 Å². The molecule has 2 amide bonds. The number of carbonyl (C=O) groups is 2. The molecule has 7 nitrogen and oxygen atoms in total. The standard InChI is InChI=1S/C16H17N3O4/c1-22-16-13(5-2-6-17-16)18-15(21)11-8-14(20)19(9-11)10-12-4-3-7-23-12/h2-7,11H,8-10H2,1H3,(H,18,21). The maximum atomic E-state index is 12.4. The Kier molecular flexibility index (Phi) is 4.27. The van der Waals surface area contributed by atoms with Crippen molar-refractivity contribution in [1.82, 2.24) is 9.88 Å². The molecule has 0 aliphatic carbocycles. The molecule has 2 aromatic rings. The third-order valence-corrected chi connectivity index (χ3v) is 3.73. The zero-order chi connectivity index (χ0) is 16.2. The Morgan fingerprint density at radius 2 is 2.35 bits per heavy atom. The van der Waals surface area contributed by atoms with Gasteiger partial charge in [0.05, 0.1) is 25.8 Å². The Morgan fingerprint density at radius 3 is 3.09 bits per heavy atom. The van der Waals surface area contributed by atoms with Crippen molar-refractivity contribution in [2.45, 2.75) is 13.0 Å². The van der Waals surface area contributed by atoms with E-state index in [1.165, 1.54) is 7.11 Å². The van der Waals surface area contributed by atoms with Crippen LogP contribution in [0.25, 0.3) is 0 Å². The monoisotopic (exact) mass is 315 g/mol. The number of aromatic nitrogens is 1. The summed E-state index contributed by atoms with van der Waals surface area (Å²) in [7, 11) is 1.49. The van der Waals surface area contributed by atoms with Gasteiger partial charge in [-0.1, -0.05) is 0 Å². The van der Waals surface area contributed by atoms with Gasteiger partial charge in [0.1, 0.15) is 11.4 Å². The Bertz CT molecular complexity index is 699. The van der Waals surface area contributed by atoms with Gasteiger partial charge in [-0.25, -0.2) is 4.98 Å².